The molecule has 0 heterocycles. The van der Waals surface area contributed by atoms with E-state index in [4.69, 9.17) is 9.47 Å². The standard InChI is InChI=1S/C14H22O3/c1-2-16-7-3-4-14(17-10-15)13-9-11-5-6-12(13)8-11/h5-6,10-14H,2-4,7-9H2,1H3. The molecule has 4 atom stereocenters. The SMILES string of the molecule is CCOCCCC(OC=O)C1CC2C=CC1C2. The fraction of sp³-hybridized carbons (Fsp3) is 0.786. The molecule has 2 aliphatic rings. The zero-order valence-electron chi connectivity index (χ0n) is 10.5. The van der Waals surface area contributed by atoms with Crippen LogP contribution in [-0.2, 0) is 14.3 Å². The smallest absolute Gasteiger partial charge is 0.293 e. The number of hydrogen-bond donors (Lipinski definition) is 0. The zero-order chi connectivity index (χ0) is 12.1. The van der Waals surface area contributed by atoms with Crippen molar-refractivity contribution in [3.8, 4) is 0 Å². The van der Waals surface area contributed by atoms with E-state index in [0.29, 0.717) is 18.3 Å². The monoisotopic (exact) mass is 238 g/mol. The van der Waals surface area contributed by atoms with Crippen molar-refractivity contribution in [3.05, 3.63) is 12.2 Å². The molecule has 96 valence electrons. The van der Waals surface area contributed by atoms with Crippen molar-refractivity contribution in [1.82, 2.24) is 0 Å². The van der Waals surface area contributed by atoms with Gasteiger partial charge >= 0.3 is 0 Å². The van der Waals surface area contributed by atoms with Gasteiger partial charge in [-0.3, -0.25) is 4.79 Å². The van der Waals surface area contributed by atoms with Crippen LogP contribution < -0.4 is 0 Å². The molecule has 0 aromatic rings. The number of carbonyl (C=O) groups excluding carboxylic acids is 1. The first-order valence-electron chi connectivity index (χ1n) is 6.70. The van der Waals surface area contributed by atoms with Crippen LogP contribution in [0, 0.1) is 17.8 Å². The number of rotatable bonds is 8. The molecule has 0 aromatic heterocycles. The van der Waals surface area contributed by atoms with Gasteiger partial charge in [0.15, 0.2) is 0 Å². The summed E-state index contributed by atoms with van der Waals surface area (Å²) in [5.74, 6) is 1.91. The van der Waals surface area contributed by atoms with Crippen molar-refractivity contribution < 1.29 is 14.3 Å². The van der Waals surface area contributed by atoms with Crippen LogP contribution in [0.25, 0.3) is 0 Å². The summed E-state index contributed by atoms with van der Waals surface area (Å²) in [5, 5.41) is 0. The highest BCUT2D eigenvalue weighted by Gasteiger charge is 2.40. The van der Waals surface area contributed by atoms with Crippen LogP contribution in [0.1, 0.15) is 32.6 Å². The Hall–Kier alpha value is -0.830. The lowest BCUT2D eigenvalue weighted by Gasteiger charge is -2.26. The lowest BCUT2D eigenvalue weighted by Crippen LogP contribution is -2.27. The highest BCUT2D eigenvalue weighted by atomic mass is 16.5. The van der Waals surface area contributed by atoms with E-state index < -0.39 is 0 Å². The van der Waals surface area contributed by atoms with Crippen LogP contribution in [0.2, 0.25) is 0 Å². The fourth-order valence-corrected chi connectivity index (χ4v) is 3.24. The van der Waals surface area contributed by atoms with Gasteiger partial charge in [-0.2, -0.15) is 0 Å². The quantitative estimate of drug-likeness (QED) is 0.370. The maximum absolute atomic E-state index is 10.6. The number of carbonyl (C=O) groups is 1. The van der Waals surface area contributed by atoms with Gasteiger partial charge in [0.25, 0.3) is 6.47 Å². The van der Waals surface area contributed by atoms with E-state index in [-0.39, 0.29) is 6.10 Å². The summed E-state index contributed by atoms with van der Waals surface area (Å²) in [6.45, 7) is 4.14. The van der Waals surface area contributed by atoms with Crippen molar-refractivity contribution in [1.29, 1.82) is 0 Å². The predicted octanol–water partition coefficient (Wildman–Crippen LogP) is 2.56. The lowest BCUT2D eigenvalue weighted by atomic mass is 9.86. The minimum Gasteiger partial charge on any atom is -0.464 e. The lowest BCUT2D eigenvalue weighted by molar-refractivity contribution is -0.137. The molecular weight excluding hydrogens is 216 g/mol. The Bertz CT molecular complexity index is 275. The van der Waals surface area contributed by atoms with E-state index in [1.807, 2.05) is 6.92 Å². The number of fused-ring (bicyclic) bond motifs is 2. The van der Waals surface area contributed by atoms with E-state index in [1.54, 1.807) is 0 Å². The number of hydrogen-bond acceptors (Lipinski definition) is 3. The Morgan fingerprint density at radius 2 is 2.29 bits per heavy atom. The molecule has 0 spiro atoms. The third-order valence-electron chi connectivity index (χ3n) is 4.02. The molecule has 0 N–H and O–H groups in total. The molecule has 0 radical (unpaired) electrons. The zero-order valence-corrected chi connectivity index (χ0v) is 10.5. The molecule has 2 rings (SSSR count). The molecule has 4 unspecified atom stereocenters. The molecule has 0 aliphatic heterocycles. The molecule has 1 saturated carbocycles. The predicted molar refractivity (Wildman–Crippen MR) is 65.5 cm³/mol. The molecule has 0 amide bonds. The average molecular weight is 238 g/mol. The molecular formula is C14H22O3. The van der Waals surface area contributed by atoms with Gasteiger partial charge in [-0.05, 0) is 44.4 Å². The molecule has 2 aliphatic carbocycles. The molecule has 3 nitrogen and oxygen atoms in total. The summed E-state index contributed by atoms with van der Waals surface area (Å²) >= 11 is 0. The second kappa shape index (κ2) is 6.20. The number of ether oxygens (including phenoxy) is 2. The summed E-state index contributed by atoms with van der Waals surface area (Å²) in [7, 11) is 0. The van der Waals surface area contributed by atoms with Gasteiger partial charge in [-0.25, -0.2) is 0 Å². The van der Waals surface area contributed by atoms with Crippen LogP contribution in [0.4, 0.5) is 0 Å². The van der Waals surface area contributed by atoms with Crippen LogP contribution in [0.3, 0.4) is 0 Å². The normalized spacial score (nSPS) is 31.7. The first-order chi connectivity index (χ1) is 8.35. The first-order valence-corrected chi connectivity index (χ1v) is 6.70. The Labute approximate surface area is 103 Å². The van der Waals surface area contributed by atoms with Gasteiger partial charge in [0, 0.05) is 19.1 Å². The van der Waals surface area contributed by atoms with Crippen LogP contribution in [0.15, 0.2) is 12.2 Å². The summed E-state index contributed by atoms with van der Waals surface area (Å²) in [5.41, 5.74) is 0. The molecule has 17 heavy (non-hydrogen) atoms. The summed E-state index contributed by atoms with van der Waals surface area (Å²) < 4.78 is 10.6. The number of allylic oxidation sites excluding steroid dienone is 2. The van der Waals surface area contributed by atoms with Crippen molar-refractivity contribution in [2.45, 2.75) is 38.7 Å². The van der Waals surface area contributed by atoms with Crippen molar-refractivity contribution >= 4 is 6.47 Å². The van der Waals surface area contributed by atoms with Gasteiger partial charge in [0.2, 0.25) is 0 Å². The van der Waals surface area contributed by atoms with E-state index in [0.717, 1.165) is 32.0 Å². The highest BCUT2D eigenvalue weighted by molar-refractivity contribution is 5.37. The van der Waals surface area contributed by atoms with Crippen molar-refractivity contribution in [2.24, 2.45) is 17.8 Å². The van der Waals surface area contributed by atoms with Gasteiger partial charge in [-0.1, -0.05) is 12.2 Å². The van der Waals surface area contributed by atoms with Gasteiger partial charge in [0.1, 0.15) is 6.10 Å². The van der Waals surface area contributed by atoms with Gasteiger partial charge in [-0.15, -0.1) is 0 Å². The Kier molecular flexibility index (Phi) is 4.60. The van der Waals surface area contributed by atoms with Crippen LogP contribution in [0.5, 0.6) is 0 Å². The largest absolute Gasteiger partial charge is 0.464 e. The molecule has 3 heteroatoms. The average Bonchev–Trinajstić information content (AvgIpc) is 2.95. The highest BCUT2D eigenvalue weighted by Crippen LogP contribution is 2.46. The topological polar surface area (TPSA) is 35.5 Å². The fourth-order valence-electron chi connectivity index (χ4n) is 3.24. The molecule has 2 bridgehead atoms. The van der Waals surface area contributed by atoms with Crippen LogP contribution in [-0.4, -0.2) is 25.8 Å². The maximum Gasteiger partial charge on any atom is 0.293 e. The molecule has 0 saturated heterocycles. The third-order valence-corrected chi connectivity index (χ3v) is 4.02. The molecule has 0 aromatic carbocycles. The summed E-state index contributed by atoms with van der Waals surface area (Å²) in [6.07, 6.45) is 9.07. The van der Waals surface area contributed by atoms with E-state index >= 15 is 0 Å². The van der Waals surface area contributed by atoms with Crippen LogP contribution >= 0.6 is 0 Å². The Morgan fingerprint density at radius 3 is 2.88 bits per heavy atom. The Balaban J connectivity index is 1.80. The Morgan fingerprint density at radius 1 is 1.41 bits per heavy atom. The van der Waals surface area contributed by atoms with Crippen molar-refractivity contribution in [3.63, 3.8) is 0 Å². The van der Waals surface area contributed by atoms with E-state index in [2.05, 4.69) is 12.2 Å². The third kappa shape index (κ3) is 3.09. The summed E-state index contributed by atoms with van der Waals surface area (Å²) in [4.78, 5) is 10.6. The minimum atomic E-state index is 0.0907. The maximum atomic E-state index is 10.6. The van der Waals surface area contributed by atoms with E-state index in [9.17, 15) is 4.79 Å². The minimum absolute atomic E-state index is 0.0907. The second-order valence-electron chi connectivity index (χ2n) is 5.05. The molecule has 1 fully saturated rings. The first kappa shape index (κ1) is 12.6. The second-order valence-corrected chi connectivity index (χ2v) is 5.05. The van der Waals surface area contributed by atoms with Gasteiger partial charge < -0.3 is 9.47 Å². The van der Waals surface area contributed by atoms with Crippen molar-refractivity contribution in [2.75, 3.05) is 13.2 Å². The van der Waals surface area contributed by atoms with E-state index in [1.165, 1.54) is 12.8 Å². The van der Waals surface area contributed by atoms with Gasteiger partial charge in [0.05, 0.1) is 0 Å². The summed E-state index contributed by atoms with van der Waals surface area (Å²) in [6, 6.07) is 0.